The molecule has 5 heteroatoms. The van der Waals surface area contributed by atoms with Gasteiger partial charge in [-0.25, -0.2) is 4.98 Å². The van der Waals surface area contributed by atoms with Crippen LogP contribution in [0.2, 0.25) is 5.02 Å². The number of ether oxygens (including phenoxy) is 1. The van der Waals surface area contributed by atoms with Gasteiger partial charge in [0.15, 0.2) is 0 Å². The number of ketones is 1. The van der Waals surface area contributed by atoms with E-state index in [0.717, 1.165) is 49.0 Å². The Morgan fingerprint density at radius 1 is 1.21 bits per heavy atom. The number of hydrogen-bond acceptors (Lipinski definition) is 3. The molecule has 0 aliphatic heterocycles. The minimum atomic E-state index is 0.107. The Kier molecular flexibility index (Phi) is 5.64. The van der Waals surface area contributed by atoms with Crippen molar-refractivity contribution < 1.29 is 9.53 Å². The number of Topliss-reactive ketones (excluding diaryl/α,β-unsaturated/α-hetero) is 1. The van der Waals surface area contributed by atoms with Crippen molar-refractivity contribution in [3.8, 4) is 5.75 Å². The maximum atomic E-state index is 11.6. The number of nitrogens with zero attached hydrogens (tertiary/aromatic N) is 2. The number of benzene rings is 2. The van der Waals surface area contributed by atoms with Gasteiger partial charge in [-0.2, -0.15) is 0 Å². The van der Waals surface area contributed by atoms with Gasteiger partial charge in [0.05, 0.1) is 11.6 Å². The van der Waals surface area contributed by atoms with Gasteiger partial charge in [-0.15, -0.1) is 0 Å². The van der Waals surface area contributed by atoms with E-state index in [1.807, 2.05) is 19.2 Å². The fourth-order valence-electron chi connectivity index (χ4n) is 4.28. The van der Waals surface area contributed by atoms with Crippen molar-refractivity contribution in [3.05, 3.63) is 58.4 Å². The lowest BCUT2D eigenvalue weighted by Gasteiger charge is -2.27. The molecule has 0 N–H and O–H groups in total. The summed E-state index contributed by atoms with van der Waals surface area (Å²) in [6.45, 7) is 3.79. The molecule has 0 unspecified atom stereocenters. The third-order valence-electron chi connectivity index (χ3n) is 6.04. The smallest absolute Gasteiger partial charge is 0.140 e. The van der Waals surface area contributed by atoms with Crippen LogP contribution in [0, 0.1) is 12.8 Å². The SMILES string of the molecule is Cc1cccc(Cc2nc3c(Cl)c(O[C@H]4CC[C@@H](C(C)=O)CC4)ccc3n2C)c1. The Labute approximate surface area is 176 Å². The number of fused-ring (bicyclic) bond motifs is 1. The van der Waals surface area contributed by atoms with Crippen LogP contribution in [-0.2, 0) is 18.3 Å². The third kappa shape index (κ3) is 4.18. The van der Waals surface area contributed by atoms with Crippen molar-refractivity contribution in [1.29, 1.82) is 0 Å². The van der Waals surface area contributed by atoms with Gasteiger partial charge in [0.2, 0.25) is 0 Å². The zero-order valence-electron chi connectivity index (χ0n) is 17.2. The van der Waals surface area contributed by atoms with E-state index in [9.17, 15) is 4.79 Å². The quantitative estimate of drug-likeness (QED) is 0.545. The van der Waals surface area contributed by atoms with Crippen molar-refractivity contribution in [2.75, 3.05) is 0 Å². The maximum absolute atomic E-state index is 11.6. The van der Waals surface area contributed by atoms with Crippen LogP contribution < -0.4 is 4.74 Å². The Hall–Kier alpha value is -2.33. The summed E-state index contributed by atoms with van der Waals surface area (Å²) >= 11 is 6.70. The predicted molar refractivity (Wildman–Crippen MR) is 117 cm³/mol. The molecule has 0 saturated heterocycles. The summed E-state index contributed by atoms with van der Waals surface area (Å²) < 4.78 is 8.32. The zero-order chi connectivity index (χ0) is 20.5. The van der Waals surface area contributed by atoms with Gasteiger partial charge in [0, 0.05) is 19.4 Å². The summed E-state index contributed by atoms with van der Waals surface area (Å²) in [4.78, 5) is 16.4. The minimum absolute atomic E-state index is 0.107. The van der Waals surface area contributed by atoms with E-state index in [1.54, 1.807) is 6.92 Å². The molecule has 2 aromatic carbocycles. The lowest BCUT2D eigenvalue weighted by molar-refractivity contribution is -0.122. The van der Waals surface area contributed by atoms with Crippen LogP contribution in [0.1, 0.15) is 49.6 Å². The second-order valence-electron chi connectivity index (χ2n) is 8.20. The first-order valence-corrected chi connectivity index (χ1v) is 10.7. The van der Waals surface area contributed by atoms with E-state index in [-0.39, 0.29) is 17.8 Å². The van der Waals surface area contributed by atoms with Gasteiger partial charge in [0.1, 0.15) is 27.9 Å². The van der Waals surface area contributed by atoms with Gasteiger partial charge in [-0.3, -0.25) is 4.79 Å². The summed E-state index contributed by atoms with van der Waals surface area (Å²) in [7, 11) is 2.03. The van der Waals surface area contributed by atoms with Gasteiger partial charge < -0.3 is 9.30 Å². The summed E-state index contributed by atoms with van der Waals surface area (Å²) in [6, 6.07) is 12.5. The van der Waals surface area contributed by atoms with Crippen molar-refractivity contribution >= 4 is 28.4 Å². The Morgan fingerprint density at radius 2 is 1.97 bits per heavy atom. The Balaban J connectivity index is 1.55. The zero-order valence-corrected chi connectivity index (χ0v) is 18.0. The first-order chi connectivity index (χ1) is 13.9. The number of rotatable bonds is 5. The molecule has 3 aromatic rings. The van der Waals surface area contributed by atoms with Crippen molar-refractivity contribution in [1.82, 2.24) is 9.55 Å². The molecule has 0 bridgehead atoms. The van der Waals surface area contributed by atoms with Gasteiger partial charge >= 0.3 is 0 Å². The summed E-state index contributed by atoms with van der Waals surface area (Å²) in [5, 5.41) is 0.572. The molecule has 1 heterocycles. The average Bonchev–Trinajstić information content (AvgIpc) is 3.01. The molecule has 0 amide bonds. The fraction of sp³-hybridized carbons (Fsp3) is 0.417. The number of carbonyl (C=O) groups is 1. The third-order valence-corrected chi connectivity index (χ3v) is 6.40. The Morgan fingerprint density at radius 3 is 2.66 bits per heavy atom. The number of carbonyl (C=O) groups excluding carboxylic acids is 1. The molecule has 1 saturated carbocycles. The first kappa shape index (κ1) is 20.0. The van der Waals surface area contributed by atoms with Crippen molar-refractivity contribution in [2.24, 2.45) is 13.0 Å². The maximum Gasteiger partial charge on any atom is 0.140 e. The summed E-state index contributed by atoms with van der Waals surface area (Å²) in [5.74, 6) is 2.14. The van der Waals surface area contributed by atoms with E-state index in [4.69, 9.17) is 21.3 Å². The van der Waals surface area contributed by atoms with Crippen LogP contribution in [-0.4, -0.2) is 21.4 Å². The number of halogens is 1. The predicted octanol–water partition coefficient (Wildman–Crippen LogP) is 5.65. The molecular formula is C24H27ClN2O2. The molecule has 0 spiro atoms. The molecule has 4 rings (SSSR count). The largest absolute Gasteiger partial charge is 0.489 e. The molecule has 29 heavy (non-hydrogen) atoms. The average molecular weight is 411 g/mol. The van der Waals surface area contributed by atoms with Crippen molar-refractivity contribution in [3.63, 3.8) is 0 Å². The normalized spacial score (nSPS) is 19.4. The van der Waals surface area contributed by atoms with Crippen LogP contribution in [0.15, 0.2) is 36.4 Å². The van der Waals surface area contributed by atoms with E-state index in [0.29, 0.717) is 10.8 Å². The second-order valence-corrected chi connectivity index (χ2v) is 8.58. The molecule has 0 radical (unpaired) electrons. The van der Waals surface area contributed by atoms with E-state index in [2.05, 4.69) is 35.8 Å². The van der Waals surface area contributed by atoms with E-state index >= 15 is 0 Å². The lowest BCUT2D eigenvalue weighted by Crippen LogP contribution is -2.27. The standard InChI is InChI=1S/C24H27ClN2O2/c1-15-5-4-6-17(13-15)14-22-26-24-20(27(22)3)11-12-21(23(24)25)29-19-9-7-18(8-10-19)16(2)28/h4-6,11-13,18-19H,7-10,14H2,1-3H3/t18-,19+. The monoisotopic (exact) mass is 410 g/mol. The number of aromatic nitrogens is 2. The minimum Gasteiger partial charge on any atom is -0.489 e. The lowest BCUT2D eigenvalue weighted by atomic mass is 9.85. The topological polar surface area (TPSA) is 44.1 Å². The highest BCUT2D eigenvalue weighted by Gasteiger charge is 2.26. The molecule has 1 fully saturated rings. The van der Waals surface area contributed by atoms with E-state index < -0.39 is 0 Å². The highest BCUT2D eigenvalue weighted by molar-refractivity contribution is 6.36. The molecule has 4 nitrogen and oxygen atoms in total. The second kappa shape index (κ2) is 8.19. The van der Waals surface area contributed by atoms with Crippen LogP contribution in [0.3, 0.4) is 0 Å². The number of imidazole rings is 1. The number of hydrogen-bond donors (Lipinski definition) is 0. The summed E-state index contributed by atoms with van der Waals surface area (Å²) in [6.07, 6.45) is 4.43. The van der Waals surface area contributed by atoms with Crippen molar-refractivity contribution in [2.45, 2.75) is 52.1 Å². The van der Waals surface area contributed by atoms with E-state index in [1.165, 1.54) is 11.1 Å². The molecule has 1 aliphatic carbocycles. The summed E-state index contributed by atoms with van der Waals surface area (Å²) in [5.41, 5.74) is 4.27. The van der Waals surface area contributed by atoms with Crippen LogP contribution in [0.4, 0.5) is 0 Å². The fourth-order valence-corrected chi connectivity index (χ4v) is 4.52. The van der Waals surface area contributed by atoms with Gasteiger partial charge in [-0.05, 0) is 57.2 Å². The molecule has 1 aromatic heterocycles. The molecular weight excluding hydrogens is 384 g/mol. The van der Waals surface area contributed by atoms with Crippen LogP contribution in [0.25, 0.3) is 11.0 Å². The van der Waals surface area contributed by atoms with Gasteiger partial charge in [-0.1, -0.05) is 41.4 Å². The van der Waals surface area contributed by atoms with Gasteiger partial charge in [0.25, 0.3) is 0 Å². The van der Waals surface area contributed by atoms with Crippen LogP contribution >= 0.6 is 11.6 Å². The van der Waals surface area contributed by atoms with Crippen LogP contribution in [0.5, 0.6) is 5.75 Å². The number of aryl methyl sites for hydroxylation is 2. The molecule has 1 aliphatic rings. The highest BCUT2D eigenvalue weighted by atomic mass is 35.5. The highest BCUT2D eigenvalue weighted by Crippen LogP contribution is 2.36. The first-order valence-electron chi connectivity index (χ1n) is 10.3. The molecule has 0 atom stereocenters. The molecule has 152 valence electrons. The Bertz CT molecular complexity index is 1050.